The van der Waals surface area contributed by atoms with Crippen LogP contribution in [0.15, 0.2) is 65.6 Å². The molecule has 0 aromatic heterocycles. The minimum atomic E-state index is -0.586. The number of carbonyl (C=O) groups excluding carboxylic acids is 2. The Bertz CT molecular complexity index is 1400. The molecule has 11 heteroatoms. The number of amides is 2. The molecule has 1 fully saturated rings. The van der Waals surface area contributed by atoms with Crippen LogP contribution in [0.3, 0.4) is 0 Å². The number of ether oxygens (including phenoxy) is 2. The Balaban J connectivity index is 1.53. The highest BCUT2D eigenvalue weighted by atomic mass is 35.5. The number of halogens is 3. The molecular weight excluding hydrogens is 542 g/mol. The van der Waals surface area contributed by atoms with E-state index in [1.807, 2.05) is 0 Å². The summed E-state index contributed by atoms with van der Waals surface area (Å²) in [6.45, 7) is 1.61. The first-order valence-electron chi connectivity index (χ1n) is 10.9. The van der Waals surface area contributed by atoms with Crippen molar-refractivity contribution in [3.63, 3.8) is 0 Å². The average molecular weight is 561 g/mol. The third-order valence-corrected chi connectivity index (χ3v) is 6.59. The predicted octanol–water partition coefficient (Wildman–Crippen LogP) is 6.44. The highest BCUT2D eigenvalue weighted by molar-refractivity contribution is 8.27. The highest BCUT2D eigenvalue weighted by Crippen LogP contribution is 2.40. The van der Waals surface area contributed by atoms with Crippen LogP contribution in [0.5, 0.6) is 11.5 Å². The number of benzene rings is 3. The van der Waals surface area contributed by atoms with Crippen molar-refractivity contribution in [3.8, 4) is 11.5 Å². The lowest BCUT2D eigenvalue weighted by Gasteiger charge is -2.15. The Hall–Kier alpha value is -3.47. The molecule has 37 heavy (non-hydrogen) atoms. The van der Waals surface area contributed by atoms with Crippen LogP contribution in [-0.2, 0) is 9.59 Å². The molecule has 190 valence electrons. The number of nitrogens with one attached hydrogen (secondary N) is 1. The van der Waals surface area contributed by atoms with Crippen molar-refractivity contribution in [3.05, 3.63) is 87.8 Å². The monoisotopic (exact) mass is 560 g/mol. The van der Waals surface area contributed by atoms with E-state index in [0.717, 1.165) is 11.8 Å². The number of carbonyl (C=O) groups is 2. The second-order valence-electron chi connectivity index (χ2n) is 7.57. The van der Waals surface area contributed by atoms with E-state index < -0.39 is 24.1 Å². The average Bonchev–Trinajstić information content (AvgIpc) is 3.13. The van der Waals surface area contributed by atoms with E-state index in [9.17, 15) is 18.4 Å². The number of hydrogen-bond donors (Lipinski definition) is 1. The number of anilines is 2. The zero-order chi connectivity index (χ0) is 26.5. The topological polar surface area (TPSA) is 67.9 Å². The Morgan fingerprint density at radius 1 is 1.14 bits per heavy atom. The fourth-order valence-corrected chi connectivity index (χ4v) is 4.97. The van der Waals surface area contributed by atoms with Gasteiger partial charge in [-0.15, -0.1) is 0 Å². The Morgan fingerprint density at radius 3 is 2.57 bits per heavy atom. The van der Waals surface area contributed by atoms with Gasteiger partial charge in [0, 0.05) is 0 Å². The fourth-order valence-electron chi connectivity index (χ4n) is 3.39. The zero-order valence-corrected chi connectivity index (χ0v) is 21.7. The van der Waals surface area contributed by atoms with Crippen LogP contribution in [0, 0.1) is 11.6 Å². The van der Waals surface area contributed by atoms with Crippen molar-refractivity contribution in [1.82, 2.24) is 0 Å². The Labute approximate surface area is 226 Å². The van der Waals surface area contributed by atoms with E-state index in [1.54, 1.807) is 31.2 Å². The van der Waals surface area contributed by atoms with Crippen LogP contribution in [-0.4, -0.2) is 29.3 Å². The number of thioether (sulfide) groups is 1. The third kappa shape index (κ3) is 6.27. The van der Waals surface area contributed by atoms with E-state index in [2.05, 4.69) is 5.32 Å². The van der Waals surface area contributed by atoms with Crippen molar-refractivity contribution in [2.75, 3.05) is 23.4 Å². The summed E-state index contributed by atoms with van der Waals surface area (Å²) < 4.78 is 38.6. The molecule has 0 unspecified atom stereocenters. The first-order valence-corrected chi connectivity index (χ1v) is 12.5. The lowest BCUT2D eigenvalue weighted by atomic mass is 10.1. The van der Waals surface area contributed by atoms with Crippen LogP contribution in [0.1, 0.15) is 12.5 Å². The van der Waals surface area contributed by atoms with Gasteiger partial charge in [-0.3, -0.25) is 14.5 Å². The van der Waals surface area contributed by atoms with Crippen molar-refractivity contribution in [1.29, 1.82) is 0 Å². The number of rotatable bonds is 8. The maximum atomic E-state index is 13.8. The van der Waals surface area contributed by atoms with E-state index in [0.29, 0.717) is 20.5 Å². The summed E-state index contributed by atoms with van der Waals surface area (Å²) in [5.41, 5.74) is 1.02. The summed E-state index contributed by atoms with van der Waals surface area (Å²) in [5.74, 6) is -1.55. The summed E-state index contributed by atoms with van der Waals surface area (Å²) in [6, 6.07) is 14.4. The van der Waals surface area contributed by atoms with Crippen LogP contribution < -0.4 is 19.7 Å². The van der Waals surface area contributed by atoms with E-state index in [4.69, 9.17) is 33.3 Å². The van der Waals surface area contributed by atoms with E-state index >= 15 is 0 Å². The number of hydrogen-bond acceptors (Lipinski definition) is 6. The first kappa shape index (κ1) is 26.6. The molecule has 0 aliphatic carbocycles. The maximum absolute atomic E-state index is 13.8. The lowest BCUT2D eigenvalue weighted by Crippen LogP contribution is -2.27. The first-order chi connectivity index (χ1) is 17.8. The molecule has 1 aliphatic rings. The number of thiocarbonyl (C=S) groups is 1. The standard InChI is InChI=1S/C26H19ClF2N2O4S2/c1-2-34-21-12-15(13-22-25(33)31(26(36)37-22)17-9-7-16(28)8-10-17)11-18(27)24(21)35-14-23(32)30-20-6-4-3-5-19(20)29/h3-13H,2,14H2,1H3,(H,30,32)/b22-13-. The molecule has 0 bridgehead atoms. The Morgan fingerprint density at radius 2 is 1.86 bits per heavy atom. The van der Waals surface area contributed by atoms with Gasteiger partial charge in [-0.05, 0) is 67.1 Å². The fraction of sp³-hybridized carbons (Fsp3) is 0.115. The van der Waals surface area contributed by atoms with Gasteiger partial charge in [0.2, 0.25) is 0 Å². The van der Waals surface area contributed by atoms with Gasteiger partial charge >= 0.3 is 0 Å². The zero-order valence-electron chi connectivity index (χ0n) is 19.3. The summed E-state index contributed by atoms with van der Waals surface area (Å²) in [4.78, 5) is 26.9. The molecule has 0 atom stereocenters. The van der Waals surface area contributed by atoms with Crippen molar-refractivity contribution >= 4 is 69.2 Å². The van der Waals surface area contributed by atoms with Gasteiger partial charge in [0.25, 0.3) is 11.8 Å². The molecule has 3 aromatic carbocycles. The van der Waals surface area contributed by atoms with Crippen molar-refractivity contribution in [2.45, 2.75) is 6.92 Å². The SMILES string of the molecule is CCOc1cc(/C=C2\SC(=S)N(c3ccc(F)cc3)C2=O)cc(Cl)c1OCC(=O)Nc1ccccc1F. The molecule has 1 N–H and O–H groups in total. The molecule has 1 aliphatic heterocycles. The quantitative estimate of drug-likeness (QED) is 0.253. The summed E-state index contributed by atoms with van der Waals surface area (Å²) in [7, 11) is 0. The number of para-hydroxylation sites is 1. The number of nitrogens with zero attached hydrogens (tertiary/aromatic N) is 1. The van der Waals surface area contributed by atoms with Gasteiger partial charge in [0.1, 0.15) is 11.6 Å². The van der Waals surface area contributed by atoms with Crippen LogP contribution >= 0.6 is 35.6 Å². The summed E-state index contributed by atoms with van der Waals surface area (Å²) in [6.07, 6.45) is 1.60. The van der Waals surface area contributed by atoms with Gasteiger partial charge in [0.15, 0.2) is 22.4 Å². The van der Waals surface area contributed by atoms with Crippen molar-refractivity contribution < 1.29 is 27.8 Å². The Kier molecular flexibility index (Phi) is 8.42. The molecule has 6 nitrogen and oxygen atoms in total. The van der Waals surface area contributed by atoms with E-state index in [-0.39, 0.29) is 34.7 Å². The largest absolute Gasteiger partial charge is 0.490 e. The molecular formula is C26H19ClF2N2O4S2. The smallest absolute Gasteiger partial charge is 0.270 e. The summed E-state index contributed by atoms with van der Waals surface area (Å²) in [5, 5.41) is 2.57. The van der Waals surface area contributed by atoms with Crippen molar-refractivity contribution in [2.24, 2.45) is 0 Å². The normalized spacial score (nSPS) is 14.3. The van der Waals surface area contributed by atoms with Gasteiger partial charge < -0.3 is 14.8 Å². The highest BCUT2D eigenvalue weighted by Gasteiger charge is 2.33. The minimum Gasteiger partial charge on any atom is -0.490 e. The molecule has 1 saturated heterocycles. The molecule has 0 saturated carbocycles. The molecule has 0 radical (unpaired) electrons. The summed E-state index contributed by atoms with van der Waals surface area (Å²) >= 11 is 12.9. The molecule has 3 aromatic rings. The van der Waals surface area contributed by atoms with Crippen LogP contribution in [0.2, 0.25) is 5.02 Å². The van der Waals surface area contributed by atoms with Gasteiger partial charge in [-0.25, -0.2) is 8.78 Å². The van der Waals surface area contributed by atoms with Crippen LogP contribution in [0.4, 0.5) is 20.2 Å². The molecule has 0 spiro atoms. The molecule has 4 rings (SSSR count). The van der Waals surface area contributed by atoms with E-state index in [1.165, 1.54) is 47.4 Å². The minimum absolute atomic E-state index is 0.0283. The maximum Gasteiger partial charge on any atom is 0.270 e. The molecule has 2 amide bonds. The predicted molar refractivity (Wildman–Crippen MR) is 145 cm³/mol. The lowest BCUT2D eigenvalue weighted by molar-refractivity contribution is -0.118. The molecule has 1 heterocycles. The van der Waals surface area contributed by atoms with Gasteiger partial charge in [0.05, 0.1) is 27.9 Å². The second kappa shape index (κ2) is 11.7. The van der Waals surface area contributed by atoms with Gasteiger partial charge in [-0.2, -0.15) is 0 Å². The van der Waals surface area contributed by atoms with Gasteiger partial charge in [-0.1, -0.05) is 47.7 Å². The van der Waals surface area contributed by atoms with Crippen LogP contribution in [0.25, 0.3) is 6.08 Å². The second-order valence-corrected chi connectivity index (χ2v) is 9.66. The third-order valence-electron chi connectivity index (χ3n) is 5.00.